The molecule has 5 heteroatoms. The summed E-state index contributed by atoms with van der Waals surface area (Å²) in [4.78, 5) is 0.396. The molecule has 1 heterocycles. The Morgan fingerprint density at radius 3 is 2.75 bits per heavy atom. The number of halogens is 1. The lowest BCUT2D eigenvalue weighted by Crippen LogP contribution is -2.31. The maximum atomic E-state index is 12.0. The second-order valence-electron chi connectivity index (χ2n) is 4.92. The standard InChI is InChI=1S/C11H14BrNO2S/c1-11(2)6-8-3-4-9(12)5-10(8)16(14,15)13-7-11/h3-5,13H,6-7H2,1-2H3. The van der Waals surface area contributed by atoms with Gasteiger partial charge >= 0.3 is 0 Å². The van der Waals surface area contributed by atoms with Gasteiger partial charge in [-0.1, -0.05) is 35.8 Å². The molecule has 0 fully saturated rings. The van der Waals surface area contributed by atoms with E-state index in [9.17, 15) is 8.42 Å². The monoisotopic (exact) mass is 303 g/mol. The topological polar surface area (TPSA) is 46.2 Å². The Kier molecular flexibility index (Phi) is 2.88. The van der Waals surface area contributed by atoms with Gasteiger partial charge in [0.15, 0.2) is 0 Å². The van der Waals surface area contributed by atoms with Crippen LogP contribution in [0.15, 0.2) is 27.6 Å². The quantitative estimate of drug-likeness (QED) is 0.799. The van der Waals surface area contributed by atoms with Gasteiger partial charge in [-0.3, -0.25) is 0 Å². The Bertz CT molecular complexity index is 523. The highest BCUT2D eigenvalue weighted by atomic mass is 79.9. The largest absolute Gasteiger partial charge is 0.240 e. The lowest BCUT2D eigenvalue weighted by molar-refractivity contribution is 0.365. The van der Waals surface area contributed by atoms with E-state index >= 15 is 0 Å². The summed E-state index contributed by atoms with van der Waals surface area (Å²) in [6.07, 6.45) is 0.766. The fraction of sp³-hybridized carbons (Fsp3) is 0.455. The van der Waals surface area contributed by atoms with Crippen LogP contribution in [-0.4, -0.2) is 15.0 Å². The van der Waals surface area contributed by atoms with Crippen molar-refractivity contribution >= 4 is 26.0 Å². The molecule has 0 saturated heterocycles. The third-order valence-corrected chi connectivity index (χ3v) is 4.71. The fourth-order valence-electron chi connectivity index (χ4n) is 1.87. The van der Waals surface area contributed by atoms with Crippen molar-refractivity contribution in [2.24, 2.45) is 5.41 Å². The average Bonchev–Trinajstić information content (AvgIpc) is 2.25. The summed E-state index contributed by atoms with van der Waals surface area (Å²) in [5.74, 6) is 0. The van der Waals surface area contributed by atoms with Crippen LogP contribution in [0, 0.1) is 5.41 Å². The van der Waals surface area contributed by atoms with Crippen molar-refractivity contribution in [3.8, 4) is 0 Å². The molecule has 0 unspecified atom stereocenters. The summed E-state index contributed by atoms with van der Waals surface area (Å²) in [5, 5.41) is 0. The van der Waals surface area contributed by atoms with E-state index in [1.54, 1.807) is 6.07 Å². The molecule has 3 nitrogen and oxygen atoms in total. The molecule has 0 atom stereocenters. The second kappa shape index (κ2) is 3.82. The van der Waals surface area contributed by atoms with Crippen LogP contribution >= 0.6 is 15.9 Å². The van der Waals surface area contributed by atoms with E-state index in [1.165, 1.54) is 0 Å². The van der Waals surface area contributed by atoms with E-state index < -0.39 is 10.0 Å². The van der Waals surface area contributed by atoms with Gasteiger partial charge in [-0.15, -0.1) is 0 Å². The zero-order valence-corrected chi connectivity index (χ0v) is 11.7. The molecule has 0 aliphatic carbocycles. The molecule has 0 spiro atoms. The molecule has 0 aromatic heterocycles. The first kappa shape index (κ1) is 12.1. The number of hydrogen-bond donors (Lipinski definition) is 1. The highest BCUT2D eigenvalue weighted by molar-refractivity contribution is 9.10. The summed E-state index contributed by atoms with van der Waals surface area (Å²) in [5.41, 5.74) is 0.838. The van der Waals surface area contributed by atoms with Crippen LogP contribution in [0.3, 0.4) is 0 Å². The number of rotatable bonds is 0. The summed E-state index contributed by atoms with van der Waals surface area (Å²) < 4.78 is 27.4. The molecule has 2 rings (SSSR count). The first-order valence-electron chi connectivity index (χ1n) is 5.08. The second-order valence-corrected chi connectivity index (χ2v) is 7.57. The predicted molar refractivity (Wildman–Crippen MR) is 66.8 cm³/mol. The zero-order chi connectivity index (χ0) is 12.0. The minimum absolute atomic E-state index is 0.0495. The van der Waals surface area contributed by atoms with Crippen molar-refractivity contribution in [1.82, 2.24) is 4.72 Å². The lowest BCUT2D eigenvalue weighted by atomic mass is 9.86. The van der Waals surface area contributed by atoms with E-state index in [1.807, 2.05) is 12.1 Å². The van der Waals surface area contributed by atoms with Gasteiger partial charge in [0.25, 0.3) is 0 Å². The zero-order valence-electron chi connectivity index (χ0n) is 9.25. The summed E-state index contributed by atoms with van der Waals surface area (Å²) in [6, 6.07) is 5.43. The van der Waals surface area contributed by atoms with E-state index in [2.05, 4.69) is 34.5 Å². The molecular weight excluding hydrogens is 290 g/mol. The van der Waals surface area contributed by atoms with Crippen LogP contribution in [-0.2, 0) is 16.4 Å². The van der Waals surface area contributed by atoms with Gasteiger partial charge in [0.05, 0.1) is 4.90 Å². The first-order valence-corrected chi connectivity index (χ1v) is 7.36. The van der Waals surface area contributed by atoms with Crippen molar-refractivity contribution in [1.29, 1.82) is 0 Å². The van der Waals surface area contributed by atoms with Gasteiger partial charge in [-0.05, 0) is 29.5 Å². The Morgan fingerprint density at radius 1 is 1.38 bits per heavy atom. The number of benzene rings is 1. The molecule has 0 amide bonds. The fourth-order valence-corrected chi connectivity index (χ4v) is 3.89. The Hall–Kier alpha value is -0.390. The number of hydrogen-bond acceptors (Lipinski definition) is 2. The maximum Gasteiger partial charge on any atom is 0.240 e. The molecule has 1 aliphatic heterocycles. The number of fused-ring (bicyclic) bond motifs is 1. The van der Waals surface area contributed by atoms with Gasteiger partial charge in [-0.2, -0.15) is 0 Å². The van der Waals surface area contributed by atoms with Crippen molar-refractivity contribution < 1.29 is 8.42 Å². The van der Waals surface area contributed by atoms with Crippen molar-refractivity contribution in [3.63, 3.8) is 0 Å². The first-order chi connectivity index (χ1) is 7.30. The average molecular weight is 304 g/mol. The van der Waals surface area contributed by atoms with Gasteiger partial charge in [-0.25, -0.2) is 13.1 Å². The number of sulfonamides is 1. The number of nitrogens with one attached hydrogen (secondary N) is 1. The van der Waals surface area contributed by atoms with E-state index in [-0.39, 0.29) is 5.41 Å². The van der Waals surface area contributed by atoms with Gasteiger partial charge in [0.2, 0.25) is 10.0 Å². The van der Waals surface area contributed by atoms with Crippen LogP contribution < -0.4 is 4.72 Å². The Balaban J connectivity index is 2.63. The smallest absolute Gasteiger partial charge is 0.211 e. The van der Waals surface area contributed by atoms with Gasteiger partial charge in [0, 0.05) is 11.0 Å². The lowest BCUT2D eigenvalue weighted by Gasteiger charge is -2.21. The third-order valence-electron chi connectivity index (χ3n) is 2.73. The molecule has 1 aliphatic rings. The van der Waals surface area contributed by atoms with Gasteiger partial charge in [0.1, 0.15) is 0 Å². The normalized spacial score (nSPS) is 22.2. The molecule has 0 radical (unpaired) electrons. The molecule has 1 N–H and O–H groups in total. The van der Waals surface area contributed by atoms with E-state index in [0.717, 1.165) is 16.5 Å². The maximum absolute atomic E-state index is 12.0. The highest BCUT2D eigenvalue weighted by Gasteiger charge is 2.30. The van der Waals surface area contributed by atoms with Crippen LogP contribution in [0.5, 0.6) is 0 Å². The van der Waals surface area contributed by atoms with Crippen molar-refractivity contribution in [3.05, 3.63) is 28.2 Å². The van der Waals surface area contributed by atoms with Gasteiger partial charge < -0.3 is 0 Å². The molecular formula is C11H14BrNO2S. The van der Waals surface area contributed by atoms with E-state index in [0.29, 0.717) is 11.4 Å². The molecule has 88 valence electrons. The van der Waals surface area contributed by atoms with E-state index in [4.69, 9.17) is 0 Å². The van der Waals surface area contributed by atoms with Crippen LogP contribution in [0.25, 0.3) is 0 Å². The predicted octanol–water partition coefficient (Wildman–Crippen LogP) is 2.31. The Morgan fingerprint density at radius 2 is 2.06 bits per heavy atom. The minimum atomic E-state index is -3.35. The van der Waals surface area contributed by atoms with Crippen LogP contribution in [0.1, 0.15) is 19.4 Å². The SMILES string of the molecule is CC1(C)CNS(=O)(=O)c2cc(Br)ccc2C1. The molecule has 0 bridgehead atoms. The van der Waals surface area contributed by atoms with Crippen LogP contribution in [0.4, 0.5) is 0 Å². The summed E-state index contributed by atoms with van der Waals surface area (Å²) in [7, 11) is -3.35. The summed E-state index contributed by atoms with van der Waals surface area (Å²) in [6.45, 7) is 4.60. The van der Waals surface area contributed by atoms with Crippen molar-refractivity contribution in [2.75, 3.05) is 6.54 Å². The Labute approximate surface area is 104 Å². The molecule has 1 aromatic carbocycles. The molecule has 1 aromatic rings. The summed E-state index contributed by atoms with van der Waals surface area (Å²) >= 11 is 3.30. The van der Waals surface area contributed by atoms with Crippen LogP contribution in [0.2, 0.25) is 0 Å². The molecule has 0 saturated carbocycles. The third kappa shape index (κ3) is 2.31. The highest BCUT2D eigenvalue weighted by Crippen LogP contribution is 2.31. The molecule has 16 heavy (non-hydrogen) atoms. The minimum Gasteiger partial charge on any atom is -0.211 e. The van der Waals surface area contributed by atoms with Crippen molar-refractivity contribution in [2.45, 2.75) is 25.2 Å².